The summed E-state index contributed by atoms with van der Waals surface area (Å²) in [6.07, 6.45) is 1.62. The fourth-order valence-corrected chi connectivity index (χ4v) is 3.59. The molecule has 0 saturated carbocycles. The Hall–Kier alpha value is -1.73. The zero-order valence-electron chi connectivity index (χ0n) is 13.9. The topological polar surface area (TPSA) is 46.8 Å². The summed E-state index contributed by atoms with van der Waals surface area (Å²) in [6, 6.07) is 13.3. The third kappa shape index (κ3) is 3.83. The number of hydrogen-bond donors (Lipinski definition) is 0. The number of ether oxygens (including phenoxy) is 1. The van der Waals surface area contributed by atoms with Crippen LogP contribution in [0.5, 0.6) is 0 Å². The van der Waals surface area contributed by atoms with Gasteiger partial charge in [0.1, 0.15) is 5.65 Å². The van der Waals surface area contributed by atoms with Crippen molar-refractivity contribution in [3.05, 3.63) is 79.8 Å². The van der Waals surface area contributed by atoms with Crippen LogP contribution in [0.3, 0.4) is 0 Å². The molecule has 26 heavy (non-hydrogen) atoms. The lowest BCUT2D eigenvalue weighted by atomic mass is 10.1. The van der Waals surface area contributed by atoms with Gasteiger partial charge in [-0.1, -0.05) is 39.7 Å². The van der Waals surface area contributed by atoms with Gasteiger partial charge in [-0.05, 0) is 29.8 Å². The van der Waals surface area contributed by atoms with Crippen LogP contribution in [-0.4, -0.2) is 34.0 Å². The van der Waals surface area contributed by atoms with Gasteiger partial charge >= 0.3 is 0 Å². The van der Waals surface area contributed by atoms with Crippen LogP contribution in [0.2, 0.25) is 5.02 Å². The highest BCUT2D eigenvalue weighted by Crippen LogP contribution is 2.24. The highest BCUT2D eigenvalue weighted by Gasteiger charge is 2.22. The third-order valence-electron chi connectivity index (χ3n) is 4.45. The van der Waals surface area contributed by atoms with E-state index in [1.54, 1.807) is 24.4 Å². The van der Waals surface area contributed by atoms with Crippen LogP contribution in [0, 0.1) is 0 Å². The monoisotopic (exact) mass is 433 g/mol. The molecule has 4 rings (SSSR count). The molecule has 1 unspecified atom stereocenters. The molecule has 1 atom stereocenters. The molecule has 0 amide bonds. The van der Waals surface area contributed by atoms with Crippen LogP contribution in [0.4, 0.5) is 0 Å². The van der Waals surface area contributed by atoms with Gasteiger partial charge in [0.25, 0.3) is 5.56 Å². The SMILES string of the molecule is O=c1cc(CN2CCOC(c3ccc(Br)cc3)C2)nc2ccc(Cl)cn12. The Morgan fingerprint density at radius 1 is 1.23 bits per heavy atom. The van der Waals surface area contributed by atoms with E-state index < -0.39 is 0 Å². The molecular formula is C19H17BrClN3O2. The lowest BCUT2D eigenvalue weighted by Crippen LogP contribution is -2.38. The van der Waals surface area contributed by atoms with E-state index in [1.807, 2.05) is 12.1 Å². The smallest absolute Gasteiger partial charge is 0.258 e. The first-order chi connectivity index (χ1) is 12.6. The number of halogens is 2. The zero-order chi connectivity index (χ0) is 18.1. The predicted octanol–water partition coefficient (Wildman–Crippen LogP) is 3.68. The fraction of sp³-hybridized carbons (Fsp3) is 0.263. The molecule has 1 saturated heterocycles. The Morgan fingerprint density at radius 2 is 2.04 bits per heavy atom. The molecule has 1 fully saturated rings. The first kappa shape index (κ1) is 17.7. The Balaban J connectivity index is 1.53. The molecule has 0 spiro atoms. The van der Waals surface area contributed by atoms with E-state index in [0.717, 1.165) is 28.8 Å². The van der Waals surface area contributed by atoms with Crippen LogP contribution >= 0.6 is 27.5 Å². The molecule has 5 nitrogen and oxygen atoms in total. The molecule has 1 aliphatic heterocycles. The summed E-state index contributed by atoms with van der Waals surface area (Å²) in [5.41, 5.74) is 2.40. The van der Waals surface area contributed by atoms with Gasteiger partial charge in [-0.15, -0.1) is 0 Å². The number of rotatable bonds is 3. The summed E-state index contributed by atoms with van der Waals surface area (Å²) in [6.45, 7) is 2.85. The van der Waals surface area contributed by atoms with Crippen molar-refractivity contribution < 1.29 is 4.74 Å². The maximum Gasteiger partial charge on any atom is 0.258 e. The Bertz CT molecular complexity index is 990. The number of benzene rings is 1. The average Bonchev–Trinajstić information content (AvgIpc) is 2.63. The van der Waals surface area contributed by atoms with Gasteiger partial charge in [-0.25, -0.2) is 4.98 Å². The minimum atomic E-state index is -0.120. The molecule has 0 bridgehead atoms. The standard InChI is InChI=1S/C19H17BrClN3O2/c20-14-3-1-13(2-4-14)17-12-23(7-8-26-17)11-16-9-19(25)24-10-15(21)5-6-18(24)22-16/h1-6,9-10,17H,7-8,11-12H2. The number of aromatic nitrogens is 2. The molecule has 0 N–H and O–H groups in total. The molecule has 0 aliphatic carbocycles. The van der Waals surface area contributed by atoms with E-state index in [0.29, 0.717) is 23.8 Å². The van der Waals surface area contributed by atoms with Crippen molar-refractivity contribution >= 4 is 33.2 Å². The lowest BCUT2D eigenvalue weighted by molar-refractivity contribution is -0.0332. The molecule has 1 aromatic carbocycles. The lowest BCUT2D eigenvalue weighted by Gasteiger charge is -2.33. The first-order valence-corrected chi connectivity index (χ1v) is 9.53. The second kappa shape index (κ2) is 7.48. The number of pyridine rings is 1. The number of hydrogen-bond acceptors (Lipinski definition) is 4. The Kier molecular flexibility index (Phi) is 5.09. The van der Waals surface area contributed by atoms with Crippen molar-refractivity contribution in [3.63, 3.8) is 0 Å². The van der Waals surface area contributed by atoms with Crippen molar-refractivity contribution in [1.29, 1.82) is 0 Å². The van der Waals surface area contributed by atoms with Crippen LogP contribution < -0.4 is 5.56 Å². The molecule has 3 aromatic rings. The molecule has 2 aromatic heterocycles. The highest BCUT2D eigenvalue weighted by molar-refractivity contribution is 9.10. The van der Waals surface area contributed by atoms with Crippen molar-refractivity contribution in [2.75, 3.05) is 19.7 Å². The maximum atomic E-state index is 12.3. The minimum Gasteiger partial charge on any atom is -0.371 e. The van der Waals surface area contributed by atoms with Crippen molar-refractivity contribution in [3.8, 4) is 0 Å². The summed E-state index contributed by atoms with van der Waals surface area (Å²) in [4.78, 5) is 19.2. The van der Waals surface area contributed by atoms with Crippen LogP contribution in [0.25, 0.3) is 5.65 Å². The molecule has 3 heterocycles. The van der Waals surface area contributed by atoms with E-state index in [9.17, 15) is 4.79 Å². The number of fused-ring (bicyclic) bond motifs is 1. The summed E-state index contributed by atoms with van der Waals surface area (Å²) in [5, 5.41) is 0.514. The first-order valence-electron chi connectivity index (χ1n) is 8.36. The quantitative estimate of drug-likeness (QED) is 0.631. The van der Waals surface area contributed by atoms with Crippen molar-refractivity contribution in [1.82, 2.24) is 14.3 Å². The fourth-order valence-electron chi connectivity index (χ4n) is 3.16. The second-order valence-electron chi connectivity index (χ2n) is 6.31. The average molecular weight is 435 g/mol. The van der Waals surface area contributed by atoms with Crippen molar-refractivity contribution in [2.45, 2.75) is 12.6 Å². The Labute approximate surface area is 164 Å². The third-order valence-corrected chi connectivity index (χ3v) is 5.21. The second-order valence-corrected chi connectivity index (χ2v) is 7.66. The molecule has 1 aliphatic rings. The van der Waals surface area contributed by atoms with Gasteiger partial charge in [0.15, 0.2) is 0 Å². The largest absolute Gasteiger partial charge is 0.371 e. The maximum absolute atomic E-state index is 12.3. The zero-order valence-corrected chi connectivity index (χ0v) is 16.3. The summed E-state index contributed by atoms with van der Waals surface area (Å²) in [5.74, 6) is 0. The number of nitrogens with zero attached hydrogens (tertiary/aromatic N) is 3. The van der Waals surface area contributed by atoms with E-state index >= 15 is 0 Å². The van der Waals surface area contributed by atoms with Crippen molar-refractivity contribution in [2.24, 2.45) is 0 Å². The highest BCUT2D eigenvalue weighted by atomic mass is 79.9. The summed E-state index contributed by atoms with van der Waals surface area (Å²) < 4.78 is 8.44. The van der Waals surface area contributed by atoms with Gasteiger partial charge in [0.05, 0.1) is 23.4 Å². The molecule has 7 heteroatoms. The Morgan fingerprint density at radius 3 is 2.85 bits per heavy atom. The van der Waals surface area contributed by atoms with E-state index in [1.165, 1.54) is 4.40 Å². The van der Waals surface area contributed by atoms with Gasteiger partial charge in [0.2, 0.25) is 0 Å². The normalized spacial score (nSPS) is 18.3. The summed E-state index contributed by atoms with van der Waals surface area (Å²) in [7, 11) is 0. The summed E-state index contributed by atoms with van der Waals surface area (Å²) >= 11 is 9.41. The minimum absolute atomic E-state index is 0.0252. The molecule has 0 radical (unpaired) electrons. The molecular weight excluding hydrogens is 418 g/mol. The number of morpholine rings is 1. The molecule has 134 valence electrons. The van der Waals surface area contributed by atoms with Crippen LogP contribution in [-0.2, 0) is 11.3 Å². The van der Waals surface area contributed by atoms with Gasteiger partial charge in [-0.2, -0.15) is 0 Å². The van der Waals surface area contributed by atoms with E-state index in [2.05, 4.69) is 37.9 Å². The van der Waals surface area contributed by atoms with Crippen LogP contribution in [0.15, 0.2) is 57.9 Å². The van der Waals surface area contributed by atoms with Gasteiger partial charge < -0.3 is 4.74 Å². The predicted molar refractivity (Wildman–Crippen MR) is 105 cm³/mol. The van der Waals surface area contributed by atoms with Crippen LogP contribution in [0.1, 0.15) is 17.4 Å². The van der Waals surface area contributed by atoms with Gasteiger partial charge in [0, 0.05) is 36.4 Å². The van der Waals surface area contributed by atoms with E-state index in [4.69, 9.17) is 16.3 Å². The van der Waals surface area contributed by atoms with Gasteiger partial charge in [-0.3, -0.25) is 14.1 Å². The van der Waals surface area contributed by atoms with E-state index in [-0.39, 0.29) is 11.7 Å².